The summed E-state index contributed by atoms with van der Waals surface area (Å²) in [5.74, 6) is 8.04. The minimum atomic E-state index is 0.488. The molecule has 3 N–H and O–H groups in total. The van der Waals surface area contributed by atoms with Crippen LogP contribution >= 0.6 is 0 Å². The third kappa shape index (κ3) is 2.81. The molecule has 0 atom stereocenters. The van der Waals surface area contributed by atoms with E-state index in [0.29, 0.717) is 5.41 Å². The molecule has 0 bridgehead atoms. The molecule has 0 radical (unpaired) electrons. The highest BCUT2D eigenvalue weighted by molar-refractivity contribution is 5.58. The number of nitrogen functional groups attached to an aromatic ring is 1. The Morgan fingerprint density at radius 2 is 1.89 bits per heavy atom. The van der Waals surface area contributed by atoms with E-state index in [1.54, 1.807) is 0 Å². The zero-order valence-corrected chi connectivity index (χ0v) is 12.5. The summed E-state index contributed by atoms with van der Waals surface area (Å²) in [4.78, 5) is 11.3. The van der Waals surface area contributed by atoms with Gasteiger partial charge in [-0.25, -0.2) is 15.8 Å². The summed E-state index contributed by atoms with van der Waals surface area (Å²) < 4.78 is 0. The third-order valence-electron chi connectivity index (χ3n) is 4.49. The molecule has 1 fully saturated rings. The molecule has 2 rings (SSSR count). The van der Waals surface area contributed by atoms with Crippen molar-refractivity contribution in [3.05, 3.63) is 11.4 Å². The molecule has 0 saturated carbocycles. The van der Waals surface area contributed by atoms with Crippen molar-refractivity contribution in [1.82, 2.24) is 9.97 Å². The van der Waals surface area contributed by atoms with E-state index in [4.69, 9.17) is 5.84 Å². The zero-order chi connectivity index (χ0) is 14.0. The van der Waals surface area contributed by atoms with Crippen molar-refractivity contribution in [3.63, 3.8) is 0 Å². The molecule has 106 valence electrons. The lowest BCUT2D eigenvalue weighted by Crippen LogP contribution is -2.39. The molecule has 1 aromatic heterocycles. The molecular formula is C14H25N5. The summed E-state index contributed by atoms with van der Waals surface area (Å²) in [5.41, 5.74) is 4.19. The highest BCUT2D eigenvalue weighted by atomic mass is 15.3. The molecule has 1 aromatic rings. The van der Waals surface area contributed by atoms with Gasteiger partial charge in [0.05, 0.1) is 0 Å². The Hall–Kier alpha value is -1.36. The fourth-order valence-corrected chi connectivity index (χ4v) is 2.67. The molecule has 5 heteroatoms. The molecule has 0 spiro atoms. The molecule has 19 heavy (non-hydrogen) atoms. The summed E-state index contributed by atoms with van der Waals surface area (Å²) in [6.45, 7) is 10.7. The van der Waals surface area contributed by atoms with Crippen molar-refractivity contribution in [3.8, 4) is 0 Å². The molecule has 1 aliphatic rings. The first-order chi connectivity index (χ1) is 8.99. The maximum absolute atomic E-state index is 5.52. The number of hydrogen-bond acceptors (Lipinski definition) is 5. The van der Waals surface area contributed by atoms with Crippen molar-refractivity contribution in [1.29, 1.82) is 0 Å². The lowest BCUT2D eigenvalue weighted by Gasteiger charge is -2.40. The number of hydrogen-bond donors (Lipinski definition) is 2. The van der Waals surface area contributed by atoms with Crippen LogP contribution in [0.25, 0.3) is 0 Å². The fourth-order valence-electron chi connectivity index (χ4n) is 2.67. The summed E-state index contributed by atoms with van der Waals surface area (Å²) in [7, 11) is 0. The van der Waals surface area contributed by atoms with Gasteiger partial charge in [0.2, 0.25) is 0 Å². The van der Waals surface area contributed by atoms with E-state index < -0.39 is 0 Å². The molecular weight excluding hydrogens is 238 g/mol. The standard InChI is InChI=1S/C14H25N5/c1-5-14(4)6-8-19(9-7-14)13-10(2)12(18-15)16-11(3)17-13/h5-9,15H2,1-4H3,(H,16,17,18). The molecule has 0 aromatic carbocycles. The second-order valence-corrected chi connectivity index (χ2v) is 5.86. The van der Waals surface area contributed by atoms with Gasteiger partial charge in [-0.3, -0.25) is 0 Å². The third-order valence-corrected chi connectivity index (χ3v) is 4.49. The van der Waals surface area contributed by atoms with E-state index in [2.05, 4.69) is 34.1 Å². The number of rotatable bonds is 3. The van der Waals surface area contributed by atoms with Gasteiger partial charge in [-0.2, -0.15) is 0 Å². The van der Waals surface area contributed by atoms with Crippen LogP contribution in [0, 0.1) is 19.3 Å². The topological polar surface area (TPSA) is 67.1 Å². The largest absolute Gasteiger partial charge is 0.356 e. The number of nitrogens with zero attached hydrogens (tertiary/aromatic N) is 3. The van der Waals surface area contributed by atoms with Crippen LogP contribution in [0.5, 0.6) is 0 Å². The number of nitrogens with two attached hydrogens (primary N) is 1. The average Bonchev–Trinajstić information content (AvgIpc) is 2.42. The van der Waals surface area contributed by atoms with Crippen molar-refractivity contribution >= 4 is 11.6 Å². The summed E-state index contributed by atoms with van der Waals surface area (Å²) in [6.07, 6.45) is 3.69. The Morgan fingerprint density at radius 1 is 1.26 bits per heavy atom. The lowest BCUT2D eigenvalue weighted by atomic mass is 9.78. The van der Waals surface area contributed by atoms with E-state index in [0.717, 1.165) is 36.1 Å². The monoisotopic (exact) mass is 263 g/mol. The molecule has 0 unspecified atom stereocenters. The second-order valence-electron chi connectivity index (χ2n) is 5.86. The quantitative estimate of drug-likeness (QED) is 0.647. The van der Waals surface area contributed by atoms with Gasteiger partial charge in [-0.1, -0.05) is 20.3 Å². The maximum atomic E-state index is 5.52. The molecule has 2 heterocycles. The maximum Gasteiger partial charge on any atom is 0.148 e. The molecule has 1 aliphatic heterocycles. The molecule has 5 nitrogen and oxygen atoms in total. The van der Waals surface area contributed by atoms with Crippen LogP contribution < -0.4 is 16.2 Å². The first-order valence-corrected chi connectivity index (χ1v) is 7.06. The van der Waals surface area contributed by atoms with Crippen LogP contribution in [0.1, 0.15) is 44.5 Å². The van der Waals surface area contributed by atoms with E-state index >= 15 is 0 Å². The number of piperidine rings is 1. The summed E-state index contributed by atoms with van der Waals surface area (Å²) in [5, 5.41) is 0. The summed E-state index contributed by atoms with van der Waals surface area (Å²) >= 11 is 0. The van der Waals surface area contributed by atoms with Gasteiger partial charge in [-0.15, -0.1) is 0 Å². The molecule has 0 aliphatic carbocycles. The van der Waals surface area contributed by atoms with Gasteiger partial charge in [0, 0.05) is 18.7 Å². The Balaban J connectivity index is 2.22. The van der Waals surface area contributed by atoms with Gasteiger partial charge in [0.15, 0.2) is 0 Å². The first kappa shape index (κ1) is 14.1. The van der Waals surface area contributed by atoms with Crippen molar-refractivity contribution in [2.45, 2.75) is 47.0 Å². The first-order valence-electron chi connectivity index (χ1n) is 7.06. The van der Waals surface area contributed by atoms with E-state index in [1.807, 2.05) is 13.8 Å². The Kier molecular flexibility index (Phi) is 3.94. The zero-order valence-electron chi connectivity index (χ0n) is 12.5. The number of anilines is 2. The summed E-state index contributed by atoms with van der Waals surface area (Å²) in [6, 6.07) is 0. The smallest absolute Gasteiger partial charge is 0.148 e. The Labute approximate surface area is 115 Å². The highest BCUT2D eigenvalue weighted by Gasteiger charge is 2.29. The van der Waals surface area contributed by atoms with Crippen LogP contribution in [0.3, 0.4) is 0 Å². The normalized spacial score (nSPS) is 18.5. The lowest BCUT2D eigenvalue weighted by molar-refractivity contribution is 0.237. The minimum absolute atomic E-state index is 0.488. The van der Waals surface area contributed by atoms with Crippen molar-refractivity contribution < 1.29 is 0 Å². The number of nitrogens with one attached hydrogen (secondary N) is 1. The predicted octanol–water partition coefficient (Wildman–Crippen LogP) is 2.40. The van der Waals surface area contributed by atoms with Crippen LogP contribution in [0.2, 0.25) is 0 Å². The molecule has 0 amide bonds. The van der Waals surface area contributed by atoms with Gasteiger partial charge < -0.3 is 10.3 Å². The second kappa shape index (κ2) is 5.33. The molecule has 1 saturated heterocycles. The number of hydrazine groups is 1. The highest BCUT2D eigenvalue weighted by Crippen LogP contribution is 2.36. The van der Waals surface area contributed by atoms with Gasteiger partial charge in [0.1, 0.15) is 17.5 Å². The van der Waals surface area contributed by atoms with E-state index in [9.17, 15) is 0 Å². The minimum Gasteiger partial charge on any atom is -0.356 e. The Morgan fingerprint density at radius 3 is 2.42 bits per heavy atom. The number of aromatic nitrogens is 2. The SMILES string of the molecule is CCC1(C)CCN(c2nc(C)nc(NN)c2C)CC1. The Bertz CT molecular complexity index is 449. The van der Waals surface area contributed by atoms with Crippen LogP contribution in [0.4, 0.5) is 11.6 Å². The van der Waals surface area contributed by atoms with E-state index in [-0.39, 0.29) is 0 Å². The average molecular weight is 263 g/mol. The van der Waals surface area contributed by atoms with Crippen LogP contribution in [0.15, 0.2) is 0 Å². The van der Waals surface area contributed by atoms with Crippen LogP contribution in [-0.2, 0) is 0 Å². The van der Waals surface area contributed by atoms with Crippen molar-refractivity contribution in [2.75, 3.05) is 23.4 Å². The fraction of sp³-hybridized carbons (Fsp3) is 0.714. The van der Waals surface area contributed by atoms with Crippen molar-refractivity contribution in [2.24, 2.45) is 11.3 Å². The van der Waals surface area contributed by atoms with Gasteiger partial charge in [0.25, 0.3) is 0 Å². The predicted molar refractivity (Wildman–Crippen MR) is 79.2 cm³/mol. The number of aryl methyl sites for hydroxylation is 1. The van der Waals surface area contributed by atoms with Gasteiger partial charge in [-0.05, 0) is 32.1 Å². The van der Waals surface area contributed by atoms with E-state index in [1.165, 1.54) is 19.3 Å². The van der Waals surface area contributed by atoms with Gasteiger partial charge >= 0.3 is 0 Å². The van der Waals surface area contributed by atoms with Crippen LogP contribution in [-0.4, -0.2) is 23.1 Å².